The van der Waals surface area contributed by atoms with E-state index in [1.807, 2.05) is 54.6 Å². The number of nitrogens with zero attached hydrogens (tertiary/aromatic N) is 4. The highest BCUT2D eigenvalue weighted by Crippen LogP contribution is 2.38. The van der Waals surface area contributed by atoms with E-state index in [1.165, 1.54) is 6.33 Å². The first-order valence-corrected chi connectivity index (χ1v) is 12.8. The number of aromatic nitrogens is 4. The van der Waals surface area contributed by atoms with E-state index in [9.17, 15) is 4.79 Å². The van der Waals surface area contributed by atoms with Crippen LogP contribution >= 0.6 is 0 Å². The number of ether oxygens (including phenoxy) is 1. The van der Waals surface area contributed by atoms with Crippen molar-refractivity contribution >= 4 is 22.8 Å². The maximum atomic E-state index is 12.6. The van der Waals surface area contributed by atoms with Crippen molar-refractivity contribution < 1.29 is 9.53 Å². The number of rotatable bonds is 6. The zero-order chi connectivity index (χ0) is 25.9. The Labute approximate surface area is 220 Å². The number of anilines is 1. The number of nitrogens with one attached hydrogen (secondary N) is 1. The summed E-state index contributed by atoms with van der Waals surface area (Å²) >= 11 is 0. The molecular formula is C30H28N6O2. The molecule has 0 radical (unpaired) electrons. The molecule has 0 bridgehead atoms. The van der Waals surface area contributed by atoms with Gasteiger partial charge in [0.2, 0.25) is 0 Å². The Balaban J connectivity index is 1.21. The molecule has 8 heteroatoms. The molecule has 1 fully saturated rings. The van der Waals surface area contributed by atoms with Crippen LogP contribution in [0.15, 0.2) is 91.6 Å². The molecule has 0 spiro atoms. The number of pyridine rings is 1. The van der Waals surface area contributed by atoms with Gasteiger partial charge in [0.25, 0.3) is 5.91 Å². The molecule has 3 heterocycles. The second-order valence-electron chi connectivity index (χ2n) is 9.56. The van der Waals surface area contributed by atoms with Gasteiger partial charge in [-0.25, -0.2) is 9.97 Å². The lowest BCUT2D eigenvalue weighted by atomic mass is 9.91. The first kappa shape index (κ1) is 23.7. The molecule has 1 saturated carbocycles. The Hall–Kier alpha value is -4.72. The molecule has 0 saturated heterocycles. The third-order valence-corrected chi connectivity index (χ3v) is 7.15. The standard InChI is InChI=1S/C30H28N6O2/c31-28-27-26(20-6-12-25(13-7-20)38-24-4-2-1-3-5-24)18-36(29(27)34-19-33-28)23-10-8-22(9-11-23)35-30(37)21-14-16-32-17-15-21/h1-7,12-19,22-23H,8-11H2,(H,35,37)(H2,31,33,34)/t22-,23-. The van der Waals surface area contributed by atoms with Crippen molar-refractivity contribution in [2.75, 3.05) is 5.73 Å². The summed E-state index contributed by atoms with van der Waals surface area (Å²) in [5, 5.41) is 4.03. The normalized spacial score (nSPS) is 17.3. The first-order chi connectivity index (χ1) is 18.7. The maximum Gasteiger partial charge on any atom is 0.251 e. The lowest BCUT2D eigenvalue weighted by molar-refractivity contribution is 0.0922. The molecule has 190 valence electrons. The van der Waals surface area contributed by atoms with Gasteiger partial charge in [-0.2, -0.15) is 0 Å². The minimum absolute atomic E-state index is 0.0512. The second-order valence-corrected chi connectivity index (χ2v) is 9.56. The van der Waals surface area contributed by atoms with Gasteiger partial charge in [0, 0.05) is 41.8 Å². The van der Waals surface area contributed by atoms with Crippen molar-refractivity contribution in [2.45, 2.75) is 37.8 Å². The average molecular weight is 505 g/mol. The number of fused-ring (bicyclic) bond motifs is 1. The van der Waals surface area contributed by atoms with Gasteiger partial charge >= 0.3 is 0 Å². The number of para-hydroxylation sites is 1. The molecule has 6 rings (SSSR count). The summed E-state index contributed by atoms with van der Waals surface area (Å²) in [4.78, 5) is 25.5. The molecule has 3 aromatic heterocycles. The minimum Gasteiger partial charge on any atom is -0.457 e. The predicted molar refractivity (Wildman–Crippen MR) is 147 cm³/mol. The van der Waals surface area contributed by atoms with Crippen LogP contribution in [0.1, 0.15) is 42.1 Å². The van der Waals surface area contributed by atoms with Gasteiger partial charge < -0.3 is 20.4 Å². The fraction of sp³-hybridized carbons (Fsp3) is 0.200. The van der Waals surface area contributed by atoms with Gasteiger partial charge in [-0.1, -0.05) is 30.3 Å². The Morgan fingerprint density at radius 2 is 1.61 bits per heavy atom. The molecule has 0 atom stereocenters. The van der Waals surface area contributed by atoms with Gasteiger partial charge in [-0.3, -0.25) is 9.78 Å². The van der Waals surface area contributed by atoms with Gasteiger partial charge in [-0.15, -0.1) is 0 Å². The molecule has 8 nitrogen and oxygen atoms in total. The number of carbonyl (C=O) groups excluding carboxylic acids is 1. The fourth-order valence-electron chi connectivity index (χ4n) is 5.20. The smallest absolute Gasteiger partial charge is 0.251 e. The molecule has 38 heavy (non-hydrogen) atoms. The minimum atomic E-state index is -0.0512. The number of carbonyl (C=O) groups is 1. The third-order valence-electron chi connectivity index (χ3n) is 7.15. The van der Waals surface area contributed by atoms with Crippen molar-refractivity contribution in [1.82, 2.24) is 24.8 Å². The molecule has 5 aromatic rings. The molecule has 0 unspecified atom stereocenters. The monoisotopic (exact) mass is 504 g/mol. The van der Waals surface area contributed by atoms with E-state index in [4.69, 9.17) is 10.5 Å². The number of nitrogen functional groups attached to an aromatic ring is 1. The van der Waals surface area contributed by atoms with E-state index in [0.29, 0.717) is 11.4 Å². The van der Waals surface area contributed by atoms with E-state index < -0.39 is 0 Å². The average Bonchev–Trinajstić information content (AvgIpc) is 3.36. The predicted octanol–water partition coefficient (Wildman–Crippen LogP) is 5.78. The summed E-state index contributed by atoms with van der Waals surface area (Å²) in [6.07, 6.45) is 10.6. The van der Waals surface area contributed by atoms with Crippen LogP contribution in [0.25, 0.3) is 22.2 Å². The maximum absolute atomic E-state index is 12.6. The molecule has 2 aromatic carbocycles. The molecule has 1 amide bonds. The molecule has 1 aliphatic carbocycles. The number of hydrogen-bond acceptors (Lipinski definition) is 6. The Kier molecular flexibility index (Phi) is 6.44. The highest BCUT2D eigenvalue weighted by molar-refractivity contribution is 6.00. The zero-order valence-corrected chi connectivity index (χ0v) is 20.8. The van der Waals surface area contributed by atoms with Gasteiger partial charge in [0.15, 0.2) is 0 Å². The Morgan fingerprint density at radius 3 is 2.34 bits per heavy atom. The van der Waals surface area contributed by atoms with Gasteiger partial charge in [0.05, 0.1) is 5.39 Å². The zero-order valence-electron chi connectivity index (χ0n) is 20.8. The van der Waals surface area contributed by atoms with Crippen LogP contribution in [-0.4, -0.2) is 31.5 Å². The van der Waals surface area contributed by atoms with Crippen molar-refractivity contribution in [3.63, 3.8) is 0 Å². The van der Waals surface area contributed by atoms with E-state index in [-0.39, 0.29) is 18.0 Å². The summed E-state index contributed by atoms with van der Waals surface area (Å²) in [5.74, 6) is 1.97. The molecule has 3 N–H and O–H groups in total. The van der Waals surface area contributed by atoms with Crippen molar-refractivity contribution in [2.24, 2.45) is 0 Å². The summed E-state index contributed by atoms with van der Waals surface area (Å²) in [6, 6.07) is 21.6. The van der Waals surface area contributed by atoms with Crippen LogP contribution in [-0.2, 0) is 0 Å². The number of amides is 1. The number of nitrogens with two attached hydrogens (primary N) is 1. The van der Waals surface area contributed by atoms with Gasteiger partial charge in [0.1, 0.15) is 29.3 Å². The lowest BCUT2D eigenvalue weighted by Gasteiger charge is -2.30. The van der Waals surface area contributed by atoms with E-state index in [1.54, 1.807) is 24.5 Å². The molecular weight excluding hydrogens is 476 g/mol. The summed E-state index contributed by atoms with van der Waals surface area (Å²) in [6.45, 7) is 0. The number of benzene rings is 2. The van der Waals surface area contributed by atoms with Crippen LogP contribution in [0.2, 0.25) is 0 Å². The first-order valence-electron chi connectivity index (χ1n) is 12.8. The van der Waals surface area contributed by atoms with E-state index in [2.05, 4.69) is 31.0 Å². The molecule has 0 aliphatic heterocycles. The van der Waals surface area contributed by atoms with Crippen LogP contribution in [0.4, 0.5) is 5.82 Å². The van der Waals surface area contributed by atoms with Crippen LogP contribution in [0.5, 0.6) is 11.5 Å². The van der Waals surface area contributed by atoms with Crippen LogP contribution < -0.4 is 15.8 Å². The van der Waals surface area contributed by atoms with Crippen molar-refractivity contribution in [1.29, 1.82) is 0 Å². The largest absolute Gasteiger partial charge is 0.457 e. The van der Waals surface area contributed by atoms with Gasteiger partial charge in [-0.05, 0) is 67.6 Å². The highest BCUT2D eigenvalue weighted by Gasteiger charge is 2.26. The lowest BCUT2D eigenvalue weighted by Crippen LogP contribution is -2.38. The molecule has 1 aliphatic rings. The highest BCUT2D eigenvalue weighted by atomic mass is 16.5. The summed E-state index contributed by atoms with van der Waals surface area (Å²) in [7, 11) is 0. The SMILES string of the molecule is Nc1ncnc2c1c(-c1ccc(Oc3ccccc3)cc1)cn2[C@H]1CC[C@H](NC(=O)c2ccncc2)CC1. The van der Waals surface area contributed by atoms with E-state index in [0.717, 1.165) is 59.3 Å². The van der Waals surface area contributed by atoms with Crippen LogP contribution in [0, 0.1) is 0 Å². The summed E-state index contributed by atoms with van der Waals surface area (Å²) < 4.78 is 8.19. The topological polar surface area (TPSA) is 108 Å². The summed E-state index contributed by atoms with van der Waals surface area (Å²) in [5.41, 5.74) is 9.85. The number of hydrogen-bond donors (Lipinski definition) is 2. The van der Waals surface area contributed by atoms with Crippen LogP contribution in [0.3, 0.4) is 0 Å². The van der Waals surface area contributed by atoms with Crippen molar-refractivity contribution in [3.05, 3.63) is 97.2 Å². The van der Waals surface area contributed by atoms with E-state index >= 15 is 0 Å². The van der Waals surface area contributed by atoms with Crippen molar-refractivity contribution in [3.8, 4) is 22.6 Å². The third kappa shape index (κ3) is 4.80. The Bertz CT molecular complexity index is 1540. The second kappa shape index (κ2) is 10.3. The quantitative estimate of drug-likeness (QED) is 0.303. The Morgan fingerprint density at radius 1 is 0.895 bits per heavy atom. The fourth-order valence-corrected chi connectivity index (χ4v) is 5.20.